The Morgan fingerprint density at radius 3 is 2.53 bits per heavy atom. The van der Waals surface area contributed by atoms with Gasteiger partial charge in [-0.15, -0.1) is 0 Å². The van der Waals surface area contributed by atoms with E-state index in [0.29, 0.717) is 28.1 Å². The molecule has 2 N–H and O–H groups in total. The van der Waals surface area contributed by atoms with Crippen molar-refractivity contribution < 1.29 is 22.7 Å². The molecule has 2 aromatic carbocycles. The lowest BCUT2D eigenvalue weighted by atomic mass is 10.0. The van der Waals surface area contributed by atoms with Crippen molar-refractivity contribution in [2.45, 2.75) is 19.9 Å². The third-order valence-electron chi connectivity index (χ3n) is 5.64. The summed E-state index contributed by atoms with van der Waals surface area (Å²) in [6, 6.07) is 11.3. The van der Waals surface area contributed by atoms with E-state index in [1.165, 1.54) is 12.1 Å². The van der Waals surface area contributed by atoms with Gasteiger partial charge in [0.25, 0.3) is 0 Å². The quantitative estimate of drug-likeness (QED) is 0.601. The summed E-state index contributed by atoms with van der Waals surface area (Å²) < 4.78 is 29.7. The van der Waals surface area contributed by atoms with E-state index in [9.17, 15) is 23.1 Å². The molecule has 1 aliphatic heterocycles. The maximum absolute atomic E-state index is 12.9. The molecule has 1 aliphatic rings. The number of hydrogen-bond donors (Lipinski definition) is 2. The predicted molar refractivity (Wildman–Crippen MR) is 124 cm³/mol. The molecule has 1 aromatic heterocycles. The summed E-state index contributed by atoms with van der Waals surface area (Å²) in [5.41, 5.74) is 2.38. The minimum absolute atomic E-state index is 0.0133. The van der Waals surface area contributed by atoms with Gasteiger partial charge in [0.1, 0.15) is 5.58 Å². The van der Waals surface area contributed by atoms with Crippen LogP contribution in [0.1, 0.15) is 34.5 Å². The maximum Gasteiger partial charge on any atom is 0.337 e. The SMILES string of the molecule is Cc1cc(C(C)Nc2ccccc2C(=O)O)c2oc(N3CCS(=O)(=O)CC3)cc(=O)c2c1. The van der Waals surface area contributed by atoms with Crippen LogP contribution in [0.25, 0.3) is 11.0 Å². The zero-order valence-corrected chi connectivity index (χ0v) is 18.6. The van der Waals surface area contributed by atoms with Gasteiger partial charge < -0.3 is 19.7 Å². The number of nitrogens with one attached hydrogen (secondary N) is 1. The van der Waals surface area contributed by atoms with Gasteiger partial charge in [0.05, 0.1) is 28.5 Å². The lowest BCUT2D eigenvalue weighted by molar-refractivity contribution is 0.0698. The Morgan fingerprint density at radius 2 is 1.84 bits per heavy atom. The Hall–Kier alpha value is -3.33. The number of carboxylic acids is 1. The number of carbonyl (C=O) groups is 1. The molecule has 0 aliphatic carbocycles. The third-order valence-corrected chi connectivity index (χ3v) is 7.25. The zero-order valence-electron chi connectivity index (χ0n) is 17.8. The highest BCUT2D eigenvalue weighted by molar-refractivity contribution is 7.91. The number of sulfone groups is 1. The number of rotatable bonds is 5. The van der Waals surface area contributed by atoms with Crippen molar-refractivity contribution in [3.63, 3.8) is 0 Å². The highest BCUT2D eigenvalue weighted by Gasteiger charge is 2.25. The summed E-state index contributed by atoms with van der Waals surface area (Å²) in [5, 5.41) is 13.1. The van der Waals surface area contributed by atoms with Crippen LogP contribution >= 0.6 is 0 Å². The van der Waals surface area contributed by atoms with E-state index in [-0.39, 0.29) is 41.6 Å². The molecule has 1 unspecified atom stereocenters. The van der Waals surface area contributed by atoms with Crippen molar-refractivity contribution in [3.05, 3.63) is 69.4 Å². The first-order valence-electron chi connectivity index (χ1n) is 10.3. The fraction of sp³-hybridized carbons (Fsp3) is 0.304. The Bertz CT molecular complexity index is 1350. The van der Waals surface area contributed by atoms with Crippen molar-refractivity contribution in [2.75, 3.05) is 34.8 Å². The lowest BCUT2D eigenvalue weighted by Gasteiger charge is -2.27. The second-order valence-corrected chi connectivity index (χ2v) is 10.3. The van der Waals surface area contributed by atoms with Crippen LogP contribution in [0.2, 0.25) is 0 Å². The average molecular weight is 457 g/mol. The summed E-state index contributed by atoms with van der Waals surface area (Å²) in [6.07, 6.45) is 0. The molecule has 168 valence electrons. The summed E-state index contributed by atoms with van der Waals surface area (Å²) >= 11 is 0. The van der Waals surface area contributed by atoms with Crippen LogP contribution in [-0.4, -0.2) is 44.1 Å². The molecule has 1 saturated heterocycles. The number of nitrogens with zero attached hydrogens (tertiary/aromatic N) is 1. The van der Waals surface area contributed by atoms with E-state index in [4.69, 9.17) is 4.42 Å². The monoisotopic (exact) mass is 456 g/mol. The van der Waals surface area contributed by atoms with E-state index in [1.807, 2.05) is 19.9 Å². The third kappa shape index (κ3) is 4.34. The molecular weight excluding hydrogens is 432 g/mol. The molecule has 1 fully saturated rings. The van der Waals surface area contributed by atoms with Gasteiger partial charge in [-0.2, -0.15) is 0 Å². The second kappa shape index (κ2) is 8.31. The van der Waals surface area contributed by atoms with Crippen LogP contribution in [0.5, 0.6) is 0 Å². The predicted octanol–water partition coefficient (Wildman–Crippen LogP) is 3.21. The molecule has 1 atom stereocenters. The number of fused-ring (bicyclic) bond motifs is 1. The zero-order chi connectivity index (χ0) is 23.0. The minimum atomic E-state index is -3.07. The molecule has 0 bridgehead atoms. The van der Waals surface area contributed by atoms with Crippen LogP contribution in [0, 0.1) is 6.92 Å². The van der Waals surface area contributed by atoms with E-state index in [1.54, 1.807) is 29.2 Å². The number of aryl methyl sites for hydroxylation is 1. The van der Waals surface area contributed by atoms with Crippen LogP contribution < -0.4 is 15.6 Å². The molecule has 2 heterocycles. The number of benzene rings is 2. The normalized spacial score (nSPS) is 16.6. The molecule has 0 saturated carbocycles. The second-order valence-electron chi connectivity index (χ2n) is 8.04. The molecule has 0 spiro atoms. The van der Waals surface area contributed by atoms with Crippen molar-refractivity contribution in [1.29, 1.82) is 0 Å². The Labute approximate surface area is 185 Å². The molecule has 32 heavy (non-hydrogen) atoms. The molecule has 9 heteroatoms. The van der Waals surface area contributed by atoms with E-state index >= 15 is 0 Å². The smallest absolute Gasteiger partial charge is 0.337 e. The lowest BCUT2D eigenvalue weighted by Crippen LogP contribution is -2.40. The van der Waals surface area contributed by atoms with Crippen LogP contribution in [0.3, 0.4) is 0 Å². The van der Waals surface area contributed by atoms with Gasteiger partial charge in [-0.25, -0.2) is 13.2 Å². The van der Waals surface area contributed by atoms with Gasteiger partial charge in [-0.3, -0.25) is 4.79 Å². The van der Waals surface area contributed by atoms with Gasteiger partial charge in [-0.05, 0) is 37.6 Å². The molecular formula is C23H24N2O6S. The fourth-order valence-electron chi connectivity index (χ4n) is 3.94. The summed E-state index contributed by atoms with van der Waals surface area (Å²) in [4.78, 5) is 26.2. The Morgan fingerprint density at radius 1 is 1.16 bits per heavy atom. The number of anilines is 2. The average Bonchev–Trinajstić information content (AvgIpc) is 2.74. The number of carboxylic acid groups (broad SMARTS) is 1. The van der Waals surface area contributed by atoms with Crippen LogP contribution in [-0.2, 0) is 9.84 Å². The summed E-state index contributed by atoms with van der Waals surface area (Å²) in [7, 11) is -3.07. The highest BCUT2D eigenvalue weighted by atomic mass is 32.2. The van der Waals surface area contributed by atoms with Gasteiger partial charge in [0, 0.05) is 30.4 Å². The Kier molecular flexibility index (Phi) is 5.68. The molecule has 0 amide bonds. The molecule has 8 nitrogen and oxygen atoms in total. The first-order chi connectivity index (χ1) is 15.1. The van der Waals surface area contributed by atoms with Crippen LogP contribution in [0.15, 0.2) is 51.7 Å². The Balaban J connectivity index is 1.76. The van der Waals surface area contributed by atoms with E-state index in [2.05, 4.69) is 5.32 Å². The van der Waals surface area contributed by atoms with E-state index < -0.39 is 15.8 Å². The maximum atomic E-state index is 12.9. The molecule has 0 radical (unpaired) electrons. The summed E-state index contributed by atoms with van der Waals surface area (Å²) in [5.74, 6) is -0.678. The highest BCUT2D eigenvalue weighted by Crippen LogP contribution is 2.31. The van der Waals surface area contributed by atoms with Gasteiger partial charge in [0.15, 0.2) is 21.2 Å². The van der Waals surface area contributed by atoms with Crippen molar-refractivity contribution >= 4 is 38.3 Å². The number of para-hydroxylation sites is 1. The topological polar surface area (TPSA) is 117 Å². The van der Waals surface area contributed by atoms with Gasteiger partial charge >= 0.3 is 5.97 Å². The standard InChI is InChI=1S/C23H24N2O6S/c1-14-11-17(15(2)24-19-6-4-3-5-16(19)23(27)28)22-18(12-14)20(26)13-21(31-22)25-7-9-32(29,30)10-8-25/h3-6,11-13,15,24H,7-10H2,1-2H3,(H,27,28). The van der Waals surface area contributed by atoms with E-state index in [0.717, 1.165) is 5.56 Å². The molecule has 3 aromatic rings. The van der Waals surface area contributed by atoms with Gasteiger partial charge in [-0.1, -0.05) is 18.2 Å². The number of hydrogen-bond acceptors (Lipinski definition) is 7. The largest absolute Gasteiger partial charge is 0.478 e. The fourth-order valence-corrected chi connectivity index (χ4v) is 5.14. The summed E-state index contributed by atoms with van der Waals surface area (Å²) in [6.45, 7) is 4.27. The minimum Gasteiger partial charge on any atom is -0.478 e. The van der Waals surface area contributed by atoms with Crippen LogP contribution in [0.4, 0.5) is 11.6 Å². The first-order valence-corrected chi connectivity index (χ1v) is 12.1. The van der Waals surface area contributed by atoms with Crippen molar-refractivity contribution in [3.8, 4) is 0 Å². The van der Waals surface area contributed by atoms with Crippen molar-refractivity contribution in [1.82, 2.24) is 0 Å². The number of aromatic carboxylic acids is 1. The van der Waals surface area contributed by atoms with Gasteiger partial charge in [0.2, 0.25) is 0 Å². The first kappa shape index (κ1) is 21.9. The molecule has 4 rings (SSSR count). The van der Waals surface area contributed by atoms with Crippen molar-refractivity contribution in [2.24, 2.45) is 0 Å².